The zero-order valence-corrected chi connectivity index (χ0v) is 12.3. The maximum Gasteiger partial charge on any atom is 0.328 e. The molecule has 0 unspecified atom stereocenters. The molecular weight excluding hydrogens is 280 g/mol. The Bertz CT molecular complexity index is 546. The molecule has 1 rings (SSSR count). The molecule has 116 valence electrons. The second kappa shape index (κ2) is 6.33. The number of hydrogen-bond donors (Lipinski definition) is 1. The number of ether oxygens (including phenoxy) is 1. The summed E-state index contributed by atoms with van der Waals surface area (Å²) >= 11 is 0. The number of rotatable bonds is 5. The molecule has 1 heterocycles. The van der Waals surface area contributed by atoms with Gasteiger partial charge in [0.05, 0.1) is 4.92 Å². The highest BCUT2D eigenvalue weighted by molar-refractivity contribution is 5.84. The van der Waals surface area contributed by atoms with E-state index in [0.717, 1.165) is 17.1 Å². The van der Waals surface area contributed by atoms with Crippen molar-refractivity contribution < 1.29 is 19.2 Å². The van der Waals surface area contributed by atoms with E-state index in [4.69, 9.17) is 4.74 Å². The highest BCUT2D eigenvalue weighted by Crippen LogP contribution is 2.09. The van der Waals surface area contributed by atoms with Gasteiger partial charge in [0.25, 0.3) is 0 Å². The Hall–Kier alpha value is -2.45. The van der Waals surface area contributed by atoms with Crippen molar-refractivity contribution in [2.75, 3.05) is 0 Å². The van der Waals surface area contributed by atoms with Crippen LogP contribution in [-0.2, 0) is 20.9 Å². The second-order valence-corrected chi connectivity index (χ2v) is 5.48. The van der Waals surface area contributed by atoms with Crippen LogP contribution >= 0.6 is 0 Å². The molecule has 1 amide bonds. The van der Waals surface area contributed by atoms with Crippen LogP contribution in [0.3, 0.4) is 0 Å². The fourth-order valence-corrected chi connectivity index (χ4v) is 1.42. The number of nitrogens with one attached hydrogen (secondary N) is 1. The Morgan fingerprint density at radius 1 is 1.52 bits per heavy atom. The Morgan fingerprint density at radius 3 is 2.62 bits per heavy atom. The summed E-state index contributed by atoms with van der Waals surface area (Å²) in [7, 11) is 0. The summed E-state index contributed by atoms with van der Waals surface area (Å²) in [6.07, 6.45) is 2.18. The minimum Gasteiger partial charge on any atom is -0.458 e. The summed E-state index contributed by atoms with van der Waals surface area (Å²) in [5.41, 5.74) is -0.846. The van der Waals surface area contributed by atoms with E-state index >= 15 is 0 Å². The largest absolute Gasteiger partial charge is 0.458 e. The minimum atomic E-state index is -0.817. The molecule has 0 radical (unpaired) electrons. The summed E-state index contributed by atoms with van der Waals surface area (Å²) < 4.78 is 6.24. The first-order valence-electron chi connectivity index (χ1n) is 6.27. The van der Waals surface area contributed by atoms with Crippen molar-refractivity contribution in [2.24, 2.45) is 0 Å². The summed E-state index contributed by atoms with van der Waals surface area (Å²) in [6, 6.07) is -0.817. The van der Waals surface area contributed by atoms with Gasteiger partial charge in [0.1, 0.15) is 30.6 Å². The maximum atomic E-state index is 11.7. The first-order valence-corrected chi connectivity index (χ1v) is 6.27. The quantitative estimate of drug-likeness (QED) is 0.484. The van der Waals surface area contributed by atoms with Gasteiger partial charge >= 0.3 is 11.7 Å². The average Bonchev–Trinajstić information content (AvgIpc) is 2.74. The number of esters is 1. The molecule has 0 bridgehead atoms. The van der Waals surface area contributed by atoms with Crippen molar-refractivity contribution >= 4 is 17.6 Å². The van der Waals surface area contributed by atoms with Gasteiger partial charge in [0, 0.05) is 0 Å². The molecular formula is C12H18N4O5. The van der Waals surface area contributed by atoms with Crippen LogP contribution in [0.2, 0.25) is 0 Å². The van der Waals surface area contributed by atoms with Crippen molar-refractivity contribution in [2.45, 2.75) is 45.9 Å². The van der Waals surface area contributed by atoms with Crippen molar-refractivity contribution in [3.63, 3.8) is 0 Å². The summed E-state index contributed by atoms with van der Waals surface area (Å²) in [4.78, 5) is 33.3. The van der Waals surface area contributed by atoms with E-state index in [1.165, 1.54) is 6.92 Å². The molecule has 0 saturated heterocycles. The van der Waals surface area contributed by atoms with Gasteiger partial charge in [-0.2, -0.15) is 5.10 Å². The SMILES string of the molecule is C[C@@H](NC(=O)Cn1cc([N+](=O)[O-])cn1)C(=O)OC(C)(C)C. The Kier molecular flexibility index (Phi) is 5.01. The predicted molar refractivity (Wildman–Crippen MR) is 72.3 cm³/mol. The molecule has 21 heavy (non-hydrogen) atoms. The van der Waals surface area contributed by atoms with E-state index in [1.54, 1.807) is 20.8 Å². The number of hydrogen-bond acceptors (Lipinski definition) is 6. The van der Waals surface area contributed by atoms with E-state index in [-0.39, 0.29) is 12.2 Å². The molecule has 0 aliphatic rings. The van der Waals surface area contributed by atoms with Gasteiger partial charge in [-0.3, -0.25) is 19.6 Å². The normalized spacial score (nSPS) is 12.6. The van der Waals surface area contributed by atoms with Crippen LogP contribution in [0.5, 0.6) is 0 Å². The van der Waals surface area contributed by atoms with Crippen LogP contribution in [0.4, 0.5) is 5.69 Å². The molecule has 0 fully saturated rings. The average molecular weight is 298 g/mol. The van der Waals surface area contributed by atoms with Crippen molar-refractivity contribution in [3.8, 4) is 0 Å². The fraction of sp³-hybridized carbons (Fsp3) is 0.583. The zero-order chi connectivity index (χ0) is 16.2. The van der Waals surface area contributed by atoms with Gasteiger partial charge in [-0.15, -0.1) is 0 Å². The van der Waals surface area contributed by atoms with Crippen molar-refractivity contribution in [3.05, 3.63) is 22.5 Å². The Morgan fingerprint density at radius 2 is 2.14 bits per heavy atom. The van der Waals surface area contributed by atoms with E-state index in [2.05, 4.69) is 10.4 Å². The number of nitro groups is 1. The van der Waals surface area contributed by atoms with Crippen LogP contribution in [0.15, 0.2) is 12.4 Å². The second-order valence-electron chi connectivity index (χ2n) is 5.48. The Balaban J connectivity index is 2.52. The van der Waals surface area contributed by atoms with Crippen molar-refractivity contribution in [1.29, 1.82) is 0 Å². The van der Waals surface area contributed by atoms with Gasteiger partial charge in [0.15, 0.2) is 0 Å². The molecule has 1 N–H and O–H groups in total. The number of aromatic nitrogens is 2. The summed E-state index contributed by atoms with van der Waals surface area (Å²) in [6.45, 7) is 6.45. The summed E-state index contributed by atoms with van der Waals surface area (Å²) in [5.74, 6) is -1.05. The molecule has 0 aromatic carbocycles. The van der Waals surface area contributed by atoms with Gasteiger partial charge in [-0.05, 0) is 27.7 Å². The van der Waals surface area contributed by atoms with Gasteiger partial charge in [-0.1, -0.05) is 0 Å². The third kappa shape index (κ3) is 5.59. The molecule has 9 nitrogen and oxygen atoms in total. The minimum absolute atomic E-state index is 0.206. The predicted octanol–water partition coefficient (Wildman–Crippen LogP) is 0.638. The third-order valence-electron chi connectivity index (χ3n) is 2.27. The van der Waals surface area contributed by atoms with Gasteiger partial charge in [0.2, 0.25) is 5.91 Å². The molecule has 0 saturated carbocycles. The van der Waals surface area contributed by atoms with E-state index < -0.39 is 28.4 Å². The lowest BCUT2D eigenvalue weighted by Gasteiger charge is -2.22. The number of nitrogens with zero attached hydrogens (tertiary/aromatic N) is 3. The first kappa shape index (κ1) is 16.6. The maximum absolute atomic E-state index is 11.7. The van der Waals surface area contributed by atoms with E-state index in [0.29, 0.717) is 0 Å². The molecule has 1 atom stereocenters. The van der Waals surface area contributed by atoms with Crippen LogP contribution in [0, 0.1) is 10.1 Å². The Labute approximate surface area is 121 Å². The van der Waals surface area contributed by atoms with E-state index in [9.17, 15) is 19.7 Å². The number of carbonyl (C=O) groups excluding carboxylic acids is 2. The molecule has 9 heteroatoms. The fourth-order valence-electron chi connectivity index (χ4n) is 1.42. The number of carbonyl (C=O) groups is 2. The van der Waals surface area contributed by atoms with Gasteiger partial charge < -0.3 is 10.1 Å². The van der Waals surface area contributed by atoms with Crippen molar-refractivity contribution in [1.82, 2.24) is 15.1 Å². The van der Waals surface area contributed by atoms with E-state index in [1.807, 2.05) is 0 Å². The molecule has 0 aliphatic carbocycles. The lowest BCUT2D eigenvalue weighted by molar-refractivity contribution is -0.385. The third-order valence-corrected chi connectivity index (χ3v) is 2.27. The molecule has 0 spiro atoms. The highest BCUT2D eigenvalue weighted by Gasteiger charge is 2.23. The van der Waals surface area contributed by atoms with Crippen LogP contribution in [-0.4, -0.2) is 38.2 Å². The molecule has 1 aromatic heterocycles. The van der Waals surface area contributed by atoms with Crippen LogP contribution in [0.25, 0.3) is 0 Å². The monoisotopic (exact) mass is 298 g/mol. The van der Waals surface area contributed by atoms with Gasteiger partial charge in [-0.25, -0.2) is 4.79 Å². The standard InChI is InChI=1S/C12H18N4O5/c1-8(11(18)21-12(2,3)4)14-10(17)7-15-6-9(5-13-15)16(19)20/h5-6,8H,7H2,1-4H3,(H,14,17)/t8-/m1/s1. The molecule has 0 aliphatic heterocycles. The topological polar surface area (TPSA) is 116 Å². The lowest BCUT2D eigenvalue weighted by Crippen LogP contribution is -2.43. The smallest absolute Gasteiger partial charge is 0.328 e. The molecule has 1 aromatic rings. The zero-order valence-electron chi connectivity index (χ0n) is 12.3. The first-order chi connectivity index (χ1) is 9.58. The van der Waals surface area contributed by atoms with Crippen LogP contribution < -0.4 is 5.32 Å². The lowest BCUT2D eigenvalue weighted by atomic mass is 10.2. The summed E-state index contributed by atoms with van der Waals surface area (Å²) in [5, 5.41) is 16.6. The van der Waals surface area contributed by atoms with Crippen LogP contribution in [0.1, 0.15) is 27.7 Å². The highest BCUT2D eigenvalue weighted by atomic mass is 16.6. The number of amides is 1.